The maximum atomic E-state index is 11.3. The number of nitrogens with zero attached hydrogens (tertiary/aromatic N) is 1. The molecule has 0 saturated heterocycles. The summed E-state index contributed by atoms with van der Waals surface area (Å²) in [5.74, 6) is 5.61. The zero-order valence-electron chi connectivity index (χ0n) is 9.16. The van der Waals surface area contributed by atoms with Crippen molar-refractivity contribution < 1.29 is 9.90 Å². The van der Waals surface area contributed by atoms with E-state index in [1.165, 1.54) is 0 Å². The van der Waals surface area contributed by atoms with Gasteiger partial charge in [0.15, 0.2) is 0 Å². The third-order valence-corrected chi connectivity index (χ3v) is 1.79. The van der Waals surface area contributed by atoms with Crippen molar-refractivity contribution in [3.63, 3.8) is 0 Å². The van der Waals surface area contributed by atoms with Gasteiger partial charge in [0.1, 0.15) is 18.1 Å². The molecule has 0 aliphatic heterocycles. The number of amides is 1. The number of hydrogen-bond donors (Lipinski definition) is 2. The number of carbonyl (C=O) groups excluding carboxylic acids is 1. The third kappa shape index (κ3) is 4.11. The number of anilines is 1. The van der Waals surface area contributed by atoms with Gasteiger partial charge in [-0.05, 0) is 24.5 Å². The number of aromatic nitrogens is 1. The second kappa shape index (κ2) is 6.59. The van der Waals surface area contributed by atoms with E-state index in [9.17, 15) is 4.79 Å². The Morgan fingerprint density at radius 3 is 3.06 bits per heavy atom. The van der Waals surface area contributed by atoms with E-state index in [1.54, 1.807) is 18.2 Å². The molecule has 0 atom stereocenters. The Hall–Kier alpha value is -1.86. The molecule has 0 bridgehead atoms. The van der Waals surface area contributed by atoms with Gasteiger partial charge in [0, 0.05) is 6.42 Å². The van der Waals surface area contributed by atoms with Gasteiger partial charge in [-0.25, -0.2) is 4.98 Å². The minimum atomic E-state index is -0.200. The van der Waals surface area contributed by atoms with E-state index in [1.807, 2.05) is 6.92 Å². The van der Waals surface area contributed by atoms with Crippen molar-refractivity contribution in [1.82, 2.24) is 4.98 Å². The fourth-order valence-corrected chi connectivity index (χ4v) is 1.14. The normalized spacial score (nSPS) is 9.12. The number of pyridine rings is 1. The number of aliphatic hydroxyl groups excluding tert-OH is 1. The Morgan fingerprint density at radius 1 is 1.56 bits per heavy atom. The van der Waals surface area contributed by atoms with Gasteiger partial charge in [0.25, 0.3) is 0 Å². The molecule has 0 aliphatic carbocycles. The summed E-state index contributed by atoms with van der Waals surface area (Å²) in [6.45, 7) is 1.74. The molecule has 84 valence electrons. The molecule has 0 aliphatic rings. The number of aliphatic hydroxyl groups is 1. The highest BCUT2D eigenvalue weighted by Crippen LogP contribution is 2.04. The Balaban J connectivity index is 2.71. The van der Waals surface area contributed by atoms with Crippen LogP contribution in [0.15, 0.2) is 18.2 Å². The molecule has 4 heteroatoms. The van der Waals surface area contributed by atoms with Crippen LogP contribution in [0.1, 0.15) is 25.5 Å². The molecule has 1 aromatic heterocycles. The highest BCUT2D eigenvalue weighted by molar-refractivity contribution is 5.89. The Bertz CT molecular complexity index is 419. The summed E-state index contributed by atoms with van der Waals surface area (Å²) in [6.07, 6.45) is 1.28. The summed E-state index contributed by atoms with van der Waals surface area (Å²) in [6, 6.07) is 5.19. The van der Waals surface area contributed by atoms with Gasteiger partial charge in [-0.2, -0.15) is 0 Å². The molecule has 1 heterocycles. The fourth-order valence-electron chi connectivity index (χ4n) is 1.14. The predicted molar refractivity (Wildman–Crippen MR) is 61.7 cm³/mol. The molecule has 2 N–H and O–H groups in total. The average Bonchev–Trinajstić information content (AvgIpc) is 2.27. The topological polar surface area (TPSA) is 62.2 Å². The SMILES string of the molecule is CCCC(=O)Nc1cccc(C#CCO)n1. The first-order valence-corrected chi connectivity index (χ1v) is 5.13. The molecular formula is C12H14N2O2. The minimum absolute atomic E-state index is 0.0535. The van der Waals surface area contributed by atoms with Gasteiger partial charge in [0.2, 0.25) is 5.91 Å². The van der Waals surface area contributed by atoms with Gasteiger partial charge < -0.3 is 10.4 Å². The molecule has 0 radical (unpaired) electrons. The van der Waals surface area contributed by atoms with E-state index in [-0.39, 0.29) is 12.5 Å². The average molecular weight is 218 g/mol. The van der Waals surface area contributed by atoms with Crippen LogP contribution in [-0.4, -0.2) is 22.6 Å². The van der Waals surface area contributed by atoms with Crippen LogP contribution in [0, 0.1) is 11.8 Å². The Kier molecular flexibility index (Phi) is 5.03. The lowest BCUT2D eigenvalue weighted by Gasteiger charge is -2.02. The summed E-state index contributed by atoms with van der Waals surface area (Å²) in [5, 5.41) is 11.2. The fraction of sp³-hybridized carbons (Fsp3) is 0.333. The van der Waals surface area contributed by atoms with Gasteiger partial charge in [-0.15, -0.1) is 0 Å². The molecule has 1 amide bonds. The second-order valence-electron chi connectivity index (χ2n) is 3.17. The highest BCUT2D eigenvalue weighted by atomic mass is 16.2. The molecule has 4 nitrogen and oxygen atoms in total. The largest absolute Gasteiger partial charge is 0.384 e. The summed E-state index contributed by atoms with van der Waals surface area (Å²) < 4.78 is 0. The van der Waals surface area contributed by atoms with Crippen LogP contribution in [0.5, 0.6) is 0 Å². The predicted octanol–water partition coefficient (Wildman–Crippen LogP) is 1.16. The van der Waals surface area contributed by atoms with Crippen LogP contribution in [0.3, 0.4) is 0 Å². The lowest BCUT2D eigenvalue weighted by molar-refractivity contribution is -0.116. The summed E-state index contributed by atoms with van der Waals surface area (Å²) in [7, 11) is 0. The van der Waals surface area contributed by atoms with Crippen LogP contribution >= 0.6 is 0 Å². The molecular weight excluding hydrogens is 204 g/mol. The van der Waals surface area contributed by atoms with E-state index >= 15 is 0 Å². The molecule has 0 unspecified atom stereocenters. The molecule has 0 spiro atoms. The number of carbonyl (C=O) groups is 1. The van der Waals surface area contributed by atoms with Gasteiger partial charge in [0.05, 0.1) is 0 Å². The number of hydrogen-bond acceptors (Lipinski definition) is 3. The molecule has 16 heavy (non-hydrogen) atoms. The lowest BCUT2D eigenvalue weighted by Crippen LogP contribution is -2.11. The van der Waals surface area contributed by atoms with E-state index in [0.717, 1.165) is 6.42 Å². The summed E-state index contributed by atoms with van der Waals surface area (Å²) in [4.78, 5) is 15.4. The van der Waals surface area contributed by atoms with E-state index < -0.39 is 0 Å². The maximum Gasteiger partial charge on any atom is 0.225 e. The van der Waals surface area contributed by atoms with Crippen molar-refractivity contribution in [3.8, 4) is 11.8 Å². The van der Waals surface area contributed by atoms with Gasteiger partial charge in [-0.1, -0.05) is 18.9 Å². The van der Waals surface area contributed by atoms with Crippen LogP contribution in [0.4, 0.5) is 5.82 Å². The minimum Gasteiger partial charge on any atom is -0.384 e. The van der Waals surface area contributed by atoms with Crippen LogP contribution in [0.2, 0.25) is 0 Å². The van der Waals surface area contributed by atoms with Crippen molar-refractivity contribution in [3.05, 3.63) is 23.9 Å². The first-order chi connectivity index (χ1) is 7.76. The van der Waals surface area contributed by atoms with Crippen LogP contribution in [0.25, 0.3) is 0 Å². The molecule has 0 saturated carbocycles. The number of nitrogens with one attached hydrogen (secondary N) is 1. The van der Waals surface area contributed by atoms with E-state index in [0.29, 0.717) is 17.9 Å². The maximum absolute atomic E-state index is 11.3. The molecule has 1 aromatic rings. The second-order valence-corrected chi connectivity index (χ2v) is 3.17. The van der Waals surface area contributed by atoms with E-state index in [2.05, 4.69) is 22.1 Å². The third-order valence-electron chi connectivity index (χ3n) is 1.79. The summed E-state index contributed by atoms with van der Waals surface area (Å²) >= 11 is 0. The van der Waals surface area contributed by atoms with Crippen LogP contribution in [-0.2, 0) is 4.79 Å². The van der Waals surface area contributed by atoms with Crippen molar-refractivity contribution in [1.29, 1.82) is 0 Å². The smallest absolute Gasteiger partial charge is 0.225 e. The molecule has 1 rings (SSSR count). The molecule has 0 fully saturated rings. The van der Waals surface area contributed by atoms with E-state index in [4.69, 9.17) is 5.11 Å². The first-order valence-electron chi connectivity index (χ1n) is 5.13. The monoisotopic (exact) mass is 218 g/mol. The zero-order chi connectivity index (χ0) is 11.8. The quantitative estimate of drug-likeness (QED) is 0.748. The van der Waals surface area contributed by atoms with Crippen molar-refractivity contribution in [2.75, 3.05) is 11.9 Å². The van der Waals surface area contributed by atoms with Gasteiger partial charge in [-0.3, -0.25) is 4.79 Å². The molecule has 0 aromatic carbocycles. The number of rotatable bonds is 3. The zero-order valence-corrected chi connectivity index (χ0v) is 9.16. The summed E-state index contributed by atoms with van der Waals surface area (Å²) in [5.41, 5.74) is 0.531. The Morgan fingerprint density at radius 2 is 2.38 bits per heavy atom. The van der Waals surface area contributed by atoms with Crippen molar-refractivity contribution in [2.24, 2.45) is 0 Å². The van der Waals surface area contributed by atoms with Gasteiger partial charge >= 0.3 is 0 Å². The Labute approximate surface area is 94.7 Å². The first kappa shape index (κ1) is 12.2. The highest BCUT2D eigenvalue weighted by Gasteiger charge is 2.01. The standard InChI is InChI=1S/C12H14N2O2/c1-2-5-12(16)14-11-8-3-6-10(13-11)7-4-9-15/h3,6,8,15H,2,5,9H2,1H3,(H,13,14,16). The van der Waals surface area contributed by atoms with Crippen molar-refractivity contribution in [2.45, 2.75) is 19.8 Å². The lowest BCUT2D eigenvalue weighted by atomic mass is 10.3. The van der Waals surface area contributed by atoms with Crippen molar-refractivity contribution >= 4 is 11.7 Å². The van der Waals surface area contributed by atoms with Crippen LogP contribution < -0.4 is 5.32 Å².